The lowest BCUT2D eigenvalue weighted by atomic mass is 9.79. The lowest BCUT2D eigenvalue weighted by molar-refractivity contribution is 0.00578. The van der Waals surface area contributed by atoms with Gasteiger partial charge in [-0.3, -0.25) is 0 Å². The second kappa shape index (κ2) is 8.05. The minimum atomic E-state index is -3.93. The molecule has 1 fully saturated rings. The third kappa shape index (κ3) is 5.11. The van der Waals surface area contributed by atoms with Gasteiger partial charge in [-0.05, 0) is 66.7 Å². The van der Waals surface area contributed by atoms with Gasteiger partial charge in [0.15, 0.2) is 11.6 Å². The normalized spacial score (nSPS) is 18.1. The highest BCUT2D eigenvalue weighted by Crippen LogP contribution is 2.37. The lowest BCUT2D eigenvalue weighted by Gasteiger charge is -2.32. The highest BCUT2D eigenvalue weighted by molar-refractivity contribution is 7.89. The minimum absolute atomic E-state index is 0.122. The first-order chi connectivity index (χ1) is 14.5. The van der Waals surface area contributed by atoms with Gasteiger partial charge >= 0.3 is 7.12 Å². The van der Waals surface area contributed by atoms with Crippen LogP contribution in [-0.4, -0.2) is 37.3 Å². The van der Waals surface area contributed by atoms with Crippen LogP contribution in [0.4, 0.5) is 8.78 Å². The maximum atomic E-state index is 14.2. The van der Waals surface area contributed by atoms with Gasteiger partial charge in [0, 0.05) is 17.1 Å². The fourth-order valence-electron chi connectivity index (χ4n) is 2.94. The van der Waals surface area contributed by atoms with Crippen LogP contribution in [0.3, 0.4) is 0 Å². The van der Waals surface area contributed by atoms with Crippen molar-refractivity contribution in [1.29, 1.82) is 0 Å². The SMILES string of the molecule is CC(C)(C)NS(=O)(=O)c1cnc(Oc2ccc(F)cc2F)c(B2OC(C)(C)C(C)(C)O2)c1. The number of ether oxygens (including phenoxy) is 1. The summed E-state index contributed by atoms with van der Waals surface area (Å²) in [4.78, 5) is 3.98. The van der Waals surface area contributed by atoms with Crippen molar-refractivity contribution >= 4 is 22.6 Å². The van der Waals surface area contributed by atoms with Gasteiger partial charge in [-0.1, -0.05) is 0 Å². The van der Waals surface area contributed by atoms with Crippen molar-refractivity contribution in [3.8, 4) is 11.6 Å². The quantitative estimate of drug-likeness (QED) is 0.676. The number of nitrogens with one attached hydrogen (secondary N) is 1. The van der Waals surface area contributed by atoms with E-state index in [4.69, 9.17) is 14.0 Å². The Morgan fingerprint density at radius 3 is 2.19 bits per heavy atom. The molecular weight excluding hydrogens is 441 g/mol. The molecule has 3 rings (SSSR count). The fourth-order valence-corrected chi connectivity index (χ4v) is 4.34. The Morgan fingerprint density at radius 2 is 1.66 bits per heavy atom. The van der Waals surface area contributed by atoms with Gasteiger partial charge in [0.2, 0.25) is 15.9 Å². The molecule has 174 valence electrons. The highest BCUT2D eigenvalue weighted by atomic mass is 32.2. The van der Waals surface area contributed by atoms with Crippen LogP contribution in [-0.2, 0) is 19.3 Å². The topological polar surface area (TPSA) is 86.8 Å². The van der Waals surface area contributed by atoms with E-state index >= 15 is 0 Å². The number of halogens is 2. The number of benzene rings is 1. The first kappa shape index (κ1) is 24.6. The summed E-state index contributed by atoms with van der Waals surface area (Å²) in [7, 11) is -4.97. The van der Waals surface area contributed by atoms with Gasteiger partial charge < -0.3 is 14.0 Å². The molecule has 0 bridgehead atoms. The van der Waals surface area contributed by atoms with Crippen LogP contribution >= 0.6 is 0 Å². The molecule has 2 aromatic rings. The van der Waals surface area contributed by atoms with Crippen LogP contribution in [0.25, 0.3) is 0 Å². The van der Waals surface area contributed by atoms with E-state index in [0.29, 0.717) is 6.07 Å². The van der Waals surface area contributed by atoms with Crippen LogP contribution in [0, 0.1) is 11.6 Å². The predicted molar refractivity (Wildman–Crippen MR) is 116 cm³/mol. The summed E-state index contributed by atoms with van der Waals surface area (Å²) in [5.74, 6) is -2.09. The van der Waals surface area contributed by atoms with E-state index in [0.717, 1.165) is 18.3 Å². The van der Waals surface area contributed by atoms with Gasteiger partial charge in [-0.15, -0.1) is 0 Å². The molecule has 11 heteroatoms. The predicted octanol–water partition coefficient (Wildman–Crippen LogP) is 3.53. The summed E-state index contributed by atoms with van der Waals surface area (Å²) in [6.07, 6.45) is 1.10. The second-order valence-corrected chi connectivity index (χ2v) is 11.4. The van der Waals surface area contributed by atoms with Gasteiger partial charge in [0.1, 0.15) is 10.7 Å². The van der Waals surface area contributed by atoms with Crippen molar-refractivity contribution < 1.29 is 31.2 Å². The molecule has 0 saturated carbocycles. The summed E-state index contributed by atoms with van der Waals surface area (Å²) < 4.78 is 73.4. The van der Waals surface area contributed by atoms with Gasteiger partial charge in [-0.2, -0.15) is 0 Å². The average Bonchev–Trinajstić information content (AvgIpc) is 2.83. The van der Waals surface area contributed by atoms with Crippen LogP contribution in [0.1, 0.15) is 48.5 Å². The van der Waals surface area contributed by atoms with E-state index in [1.807, 2.05) is 27.7 Å². The van der Waals surface area contributed by atoms with Crippen molar-refractivity contribution in [3.63, 3.8) is 0 Å². The molecule has 1 aliphatic rings. The van der Waals surface area contributed by atoms with E-state index in [1.165, 1.54) is 6.07 Å². The van der Waals surface area contributed by atoms with E-state index < -0.39 is 45.5 Å². The van der Waals surface area contributed by atoms with E-state index in [9.17, 15) is 17.2 Å². The molecule has 2 heterocycles. The summed E-state index contributed by atoms with van der Waals surface area (Å²) >= 11 is 0. The Bertz CT molecular complexity index is 1120. The second-order valence-electron chi connectivity index (χ2n) is 9.69. The summed E-state index contributed by atoms with van der Waals surface area (Å²) in [5, 5.41) is 0. The molecule has 0 unspecified atom stereocenters. The molecule has 1 aliphatic heterocycles. The zero-order valence-electron chi connectivity index (χ0n) is 19.1. The van der Waals surface area contributed by atoms with E-state index in [2.05, 4.69) is 9.71 Å². The van der Waals surface area contributed by atoms with E-state index in [-0.39, 0.29) is 22.0 Å². The van der Waals surface area contributed by atoms with Crippen molar-refractivity contribution in [2.75, 3.05) is 0 Å². The zero-order valence-corrected chi connectivity index (χ0v) is 19.9. The molecule has 0 amide bonds. The molecule has 0 radical (unpaired) electrons. The van der Waals surface area contributed by atoms with Crippen LogP contribution in [0.5, 0.6) is 11.6 Å². The molecule has 1 aromatic heterocycles. The van der Waals surface area contributed by atoms with Crippen LogP contribution in [0.2, 0.25) is 0 Å². The summed E-state index contributed by atoms with van der Waals surface area (Å²) in [5.41, 5.74) is -2.02. The molecule has 0 atom stereocenters. The lowest BCUT2D eigenvalue weighted by Crippen LogP contribution is -2.41. The number of hydrogen-bond donors (Lipinski definition) is 1. The number of sulfonamides is 1. The summed E-state index contributed by atoms with van der Waals surface area (Å²) in [6, 6.07) is 4.15. The maximum absolute atomic E-state index is 14.2. The third-order valence-electron chi connectivity index (χ3n) is 5.21. The molecule has 0 spiro atoms. The van der Waals surface area contributed by atoms with Crippen LogP contribution in [0.15, 0.2) is 35.4 Å². The third-order valence-corrected chi connectivity index (χ3v) is 6.94. The number of hydrogen-bond acceptors (Lipinski definition) is 6. The maximum Gasteiger partial charge on any atom is 0.500 e. The Balaban J connectivity index is 2.09. The van der Waals surface area contributed by atoms with Crippen molar-refractivity contribution in [2.45, 2.75) is 70.1 Å². The Morgan fingerprint density at radius 1 is 1.06 bits per heavy atom. The van der Waals surface area contributed by atoms with Gasteiger partial charge in [-0.25, -0.2) is 26.9 Å². The highest BCUT2D eigenvalue weighted by Gasteiger charge is 2.53. The standard InChI is InChI=1S/C21H27BF2N2O5S/c1-19(2,3)26-32(27,28)14-11-15(22-30-20(4,5)21(6,7)31-22)18(25-12-14)29-17-9-8-13(23)10-16(17)24/h8-12,26H,1-7H3. The molecule has 7 nitrogen and oxygen atoms in total. The Kier molecular flexibility index (Phi) is 6.18. The number of nitrogens with zero attached hydrogens (tertiary/aromatic N) is 1. The zero-order chi connectivity index (χ0) is 24.1. The molecule has 1 aromatic carbocycles. The monoisotopic (exact) mass is 468 g/mol. The van der Waals surface area contributed by atoms with E-state index in [1.54, 1.807) is 20.8 Å². The molecule has 1 N–H and O–H groups in total. The Hall–Kier alpha value is -2.08. The van der Waals surface area contributed by atoms with Gasteiger partial charge in [0.25, 0.3) is 0 Å². The first-order valence-corrected chi connectivity index (χ1v) is 11.5. The Labute approximate surface area is 187 Å². The number of rotatable bonds is 5. The molecule has 0 aliphatic carbocycles. The molecular formula is C21H27BF2N2O5S. The van der Waals surface area contributed by atoms with Gasteiger partial charge in [0.05, 0.1) is 17.4 Å². The first-order valence-electron chi connectivity index (χ1n) is 10.0. The van der Waals surface area contributed by atoms with Crippen molar-refractivity contribution in [1.82, 2.24) is 9.71 Å². The smallest absolute Gasteiger partial charge is 0.436 e. The summed E-state index contributed by atoms with van der Waals surface area (Å²) in [6.45, 7) is 12.5. The van der Waals surface area contributed by atoms with Crippen molar-refractivity contribution in [3.05, 3.63) is 42.1 Å². The van der Waals surface area contributed by atoms with Crippen LogP contribution < -0.4 is 14.9 Å². The minimum Gasteiger partial charge on any atom is -0.436 e. The fraction of sp³-hybridized carbons (Fsp3) is 0.476. The number of pyridine rings is 1. The molecule has 32 heavy (non-hydrogen) atoms. The average molecular weight is 468 g/mol. The number of aromatic nitrogens is 1. The largest absolute Gasteiger partial charge is 0.500 e. The molecule has 1 saturated heterocycles. The van der Waals surface area contributed by atoms with Crippen molar-refractivity contribution in [2.24, 2.45) is 0 Å².